The zero-order chi connectivity index (χ0) is 18.9. The Bertz CT molecular complexity index is 1390. The van der Waals surface area contributed by atoms with E-state index in [1.165, 1.54) is 12.1 Å². The zero-order valence-corrected chi connectivity index (χ0v) is 13.8. The first-order valence-electron chi connectivity index (χ1n) is 8.12. The average molecular weight is 357 g/mol. The van der Waals surface area contributed by atoms with Gasteiger partial charge in [-0.25, -0.2) is 4.68 Å². The number of carbonyl (C=O) groups is 1. The second kappa shape index (κ2) is 4.74. The number of nitrogens with zero attached hydrogens (tertiary/aromatic N) is 3. The molecule has 0 saturated carbocycles. The molecule has 1 atom stereocenters. The third-order valence-corrected chi connectivity index (χ3v) is 5.14. The first kappa shape index (κ1) is 15.2. The Labute approximate surface area is 151 Å². The van der Waals surface area contributed by atoms with Crippen molar-refractivity contribution in [1.29, 1.82) is 5.26 Å². The van der Waals surface area contributed by atoms with Crippen LogP contribution in [0.1, 0.15) is 5.56 Å². The predicted octanol–water partition coefficient (Wildman–Crippen LogP) is 0.523. The number of nitrogens with two attached hydrogens (primary N) is 1. The van der Waals surface area contributed by atoms with Crippen LogP contribution < -0.4 is 22.2 Å². The summed E-state index contributed by atoms with van der Waals surface area (Å²) in [5.41, 5.74) is 3.87. The maximum Gasteiger partial charge on any atom is 0.279 e. The SMILES string of the molecule is N#CC1=C(N)n2c(=O)c3ccccc3c(=O)n2C12C(=O)Nc1ccccc12. The highest BCUT2D eigenvalue weighted by molar-refractivity contribution is 6.10. The van der Waals surface area contributed by atoms with E-state index in [9.17, 15) is 19.6 Å². The fraction of sp³-hybridized carbons (Fsp3) is 0.0526. The van der Waals surface area contributed by atoms with Crippen molar-refractivity contribution in [3.8, 4) is 6.07 Å². The molecule has 2 aliphatic heterocycles. The van der Waals surface area contributed by atoms with Gasteiger partial charge in [-0.15, -0.1) is 0 Å². The molecule has 27 heavy (non-hydrogen) atoms. The Kier molecular flexibility index (Phi) is 2.66. The second-order valence-electron chi connectivity index (χ2n) is 6.36. The van der Waals surface area contributed by atoms with Crippen LogP contribution in [-0.2, 0) is 10.3 Å². The predicted molar refractivity (Wildman–Crippen MR) is 97.6 cm³/mol. The molecular weight excluding hydrogens is 346 g/mol. The number of anilines is 1. The van der Waals surface area contributed by atoms with Crippen LogP contribution in [-0.4, -0.2) is 15.3 Å². The van der Waals surface area contributed by atoms with Crippen molar-refractivity contribution in [3.05, 3.63) is 80.4 Å². The van der Waals surface area contributed by atoms with Crippen LogP contribution in [0.3, 0.4) is 0 Å². The van der Waals surface area contributed by atoms with E-state index < -0.39 is 22.6 Å². The standard InChI is InChI=1S/C19H11N5O3/c20-9-13-15(21)23-16(25)10-5-1-2-6-11(10)17(26)24(23)19(13)12-7-3-4-8-14(12)22-18(19)27/h1-8H,21H2,(H,22,27). The Morgan fingerprint density at radius 3 is 2.30 bits per heavy atom. The minimum absolute atomic E-state index is 0.153. The third-order valence-electron chi connectivity index (χ3n) is 5.14. The molecule has 0 bridgehead atoms. The van der Waals surface area contributed by atoms with Crippen LogP contribution in [0.25, 0.3) is 16.6 Å². The molecule has 3 aromatic rings. The summed E-state index contributed by atoms with van der Waals surface area (Å²) in [5, 5.41) is 12.8. The maximum atomic E-state index is 13.3. The largest absolute Gasteiger partial charge is 0.383 e. The van der Waals surface area contributed by atoms with Gasteiger partial charge in [-0.3, -0.25) is 14.4 Å². The van der Waals surface area contributed by atoms with Crippen molar-refractivity contribution in [2.75, 3.05) is 5.32 Å². The normalized spacial score (nSPS) is 19.9. The summed E-state index contributed by atoms with van der Waals surface area (Å²) >= 11 is 0. The van der Waals surface area contributed by atoms with Gasteiger partial charge in [0.25, 0.3) is 17.0 Å². The molecule has 0 radical (unpaired) electrons. The van der Waals surface area contributed by atoms with Gasteiger partial charge in [0, 0.05) is 11.3 Å². The van der Waals surface area contributed by atoms with Crippen LogP contribution in [0, 0.1) is 11.3 Å². The van der Waals surface area contributed by atoms with Crippen LogP contribution in [0.2, 0.25) is 0 Å². The Balaban J connectivity index is 2.08. The molecule has 1 spiro atoms. The van der Waals surface area contributed by atoms with Crippen LogP contribution in [0.15, 0.2) is 63.7 Å². The molecular formula is C19H11N5O3. The molecule has 3 N–H and O–H groups in total. The highest BCUT2D eigenvalue weighted by Gasteiger charge is 2.58. The summed E-state index contributed by atoms with van der Waals surface area (Å²) in [5.74, 6) is -0.830. The summed E-state index contributed by atoms with van der Waals surface area (Å²) in [6.07, 6.45) is 0. The molecule has 5 rings (SSSR count). The number of fused-ring (bicyclic) bond motifs is 5. The smallest absolute Gasteiger partial charge is 0.279 e. The number of hydrogen-bond acceptors (Lipinski definition) is 5. The number of benzene rings is 2. The molecule has 3 heterocycles. The highest BCUT2D eigenvalue weighted by Crippen LogP contribution is 2.46. The van der Waals surface area contributed by atoms with Gasteiger partial charge in [0.05, 0.1) is 10.8 Å². The molecule has 0 fully saturated rings. The van der Waals surface area contributed by atoms with Crippen molar-refractivity contribution in [3.63, 3.8) is 0 Å². The Morgan fingerprint density at radius 1 is 0.963 bits per heavy atom. The summed E-state index contributed by atoms with van der Waals surface area (Å²) < 4.78 is 1.94. The topological polar surface area (TPSA) is 123 Å². The Hall–Kier alpha value is -4.12. The molecule has 1 aromatic heterocycles. The first-order valence-corrected chi connectivity index (χ1v) is 8.12. The van der Waals surface area contributed by atoms with Gasteiger partial charge in [0.1, 0.15) is 17.5 Å². The van der Waals surface area contributed by atoms with Gasteiger partial charge in [0.2, 0.25) is 5.54 Å². The lowest BCUT2D eigenvalue weighted by molar-refractivity contribution is -0.120. The number of amides is 1. The minimum atomic E-state index is -1.81. The number of rotatable bonds is 0. The fourth-order valence-corrected chi connectivity index (χ4v) is 4.02. The van der Waals surface area contributed by atoms with E-state index in [4.69, 9.17) is 5.73 Å². The van der Waals surface area contributed by atoms with E-state index in [1.54, 1.807) is 36.4 Å². The molecule has 8 heteroatoms. The fourth-order valence-electron chi connectivity index (χ4n) is 4.02. The van der Waals surface area contributed by atoms with E-state index in [-0.39, 0.29) is 22.2 Å². The van der Waals surface area contributed by atoms with Crippen molar-refractivity contribution < 1.29 is 4.79 Å². The molecule has 1 amide bonds. The van der Waals surface area contributed by atoms with E-state index in [2.05, 4.69) is 5.32 Å². The summed E-state index contributed by atoms with van der Waals surface area (Å²) in [7, 11) is 0. The number of para-hydroxylation sites is 1. The van der Waals surface area contributed by atoms with E-state index >= 15 is 0 Å². The molecule has 2 aromatic carbocycles. The summed E-state index contributed by atoms with van der Waals surface area (Å²) in [4.78, 5) is 39.5. The summed E-state index contributed by atoms with van der Waals surface area (Å²) in [6, 6.07) is 15.0. The molecule has 2 aliphatic rings. The molecule has 8 nitrogen and oxygen atoms in total. The van der Waals surface area contributed by atoms with Gasteiger partial charge in [-0.05, 0) is 18.2 Å². The molecule has 1 unspecified atom stereocenters. The highest BCUT2D eigenvalue weighted by atomic mass is 16.2. The van der Waals surface area contributed by atoms with Crippen LogP contribution >= 0.6 is 0 Å². The number of nitrogens with one attached hydrogen (secondary N) is 1. The minimum Gasteiger partial charge on any atom is -0.383 e. The third kappa shape index (κ3) is 1.50. The Morgan fingerprint density at radius 2 is 1.59 bits per heavy atom. The lowest BCUT2D eigenvalue weighted by Crippen LogP contribution is -2.50. The number of nitriles is 1. The molecule has 0 saturated heterocycles. The van der Waals surface area contributed by atoms with Gasteiger partial charge in [0.15, 0.2) is 0 Å². The van der Waals surface area contributed by atoms with Crippen molar-refractivity contribution in [2.45, 2.75) is 5.54 Å². The maximum absolute atomic E-state index is 13.3. The van der Waals surface area contributed by atoms with Crippen molar-refractivity contribution in [2.24, 2.45) is 5.73 Å². The van der Waals surface area contributed by atoms with Gasteiger partial charge >= 0.3 is 0 Å². The van der Waals surface area contributed by atoms with E-state index in [0.717, 1.165) is 9.36 Å². The average Bonchev–Trinajstić information content (AvgIpc) is 3.12. The van der Waals surface area contributed by atoms with Crippen molar-refractivity contribution in [1.82, 2.24) is 9.36 Å². The first-order chi connectivity index (χ1) is 13.0. The van der Waals surface area contributed by atoms with Crippen LogP contribution in [0.5, 0.6) is 0 Å². The zero-order valence-electron chi connectivity index (χ0n) is 13.8. The van der Waals surface area contributed by atoms with Gasteiger partial charge in [-0.1, -0.05) is 30.3 Å². The number of aromatic nitrogens is 2. The quantitative estimate of drug-likeness (QED) is 0.607. The number of hydrogen-bond donors (Lipinski definition) is 2. The second-order valence-corrected chi connectivity index (χ2v) is 6.36. The lowest BCUT2D eigenvalue weighted by atomic mass is 9.84. The monoisotopic (exact) mass is 357 g/mol. The van der Waals surface area contributed by atoms with E-state index in [0.29, 0.717) is 11.3 Å². The molecule has 0 aliphatic carbocycles. The van der Waals surface area contributed by atoms with Crippen molar-refractivity contribution >= 4 is 28.2 Å². The number of carbonyl (C=O) groups excluding carboxylic acids is 1. The summed E-state index contributed by atoms with van der Waals surface area (Å²) in [6.45, 7) is 0. The lowest BCUT2D eigenvalue weighted by Gasteiger charge is -2.25. The molecule has 130 valence electrons. The van der Waals surface area contributed by atoms with E-state index in [1.807, 2.05) is 6.07 Å². The van der Waals surface area contributed by atoms with Gasteiger partial charge in [-0.2, -0.15) is 9.94 Å². The van der Waals surface area contributed by atoms with Gasteiger partial charge < -0.3 is 11.1 Å². The van der Waals surface area contributed by atoms with Crippen LogP contribution in [0.4, 0.5) is 5.69 Å².